The van der Waals surface area contributed by atoms with Gasteiger partial charge in [0.2, 0.25) is 0 Å². The summed E-state index contributed by atoms with van der Waals surface area (Å²) in [5.74, 6) is 0.597. The van der Waals surface area contributed by atoms with Crippen molar-refractivity contribution in [2.75, 3.05) is 20.3 Å². The molecule has 2 rings (SSSR count). The first-order valence-electron chi connectivity index (χ1n) is 6.18. The molecule has 3 nitrogen and oxygen atoms in total. The first kappa shape index (κ1) is 14.8. The number of ketones is 1. The van der Waals surface area contributed by atoms with Crippen LogP contribution in [0.25, 0.3) is 11.1 Å². The fraction of sp³-hybridized carbons (Fsp3) is 0.188. The van der Waals surface area contributed by atoms with Crippen LogP contribution in [0.1, 0.15) is 0 Å². The highest BCUT2D eigenvalue weighted by molar-refractivity contribution is 9.10. The number of methoxy groups -OCH3 is 1. The Morgan fingerprint density at radius 1 is 0.950 bits per heavy atom. The molecule has 0 aliphatic carbocycles. The van der Waals surface area contributed by atoms with Gasteiger partial charge < -0.3 is 9.47 Å². The quantitative estimate of drug-likeness (QED) is 0.807. The summed E-state index contributed by atoms with van der Waals surface area (Å²) in [7, 11) is 1.49. The van der Waals surface area contributed by atoms with Crippen molar-refractivity contribution in [1.82, 2.24) is 0 Å². The second-order valence-electron chi connectivity index (χ2n) is 4.29. The van der Waals surface area contributed by atoms with E-state index < -0.39 is 0 Å². The Morgan fingerprint density at radius 3 is 2.05 bits per heavy atom. The van der Waals surface area contributed by atoms with Crippen molar-refractivity contribution in [3.05, 3.63) is 53.0 Å². The van der Waals surface area contributed by atoms with Crippen molar-refractivity contribution in [1.29, 1.82) is 0 Å². The Balaban J connectivity index is 1.99. The summed E-state index contributed by atoms with van der Waals surface area (Å²) in [4.78, 5) is 11.3. The van der Waals surface area contributed by atoms with Crippen LogP contribution >= 0.6 is 15.9 Å². The van der Waals surface area contributed by atoms with Gasteiger partial charge in [-0.15, -0.1) is 0 Å². The number of rotatable bonds is 6. The van der Waals surface area contributed by atoms with Gasteiger partial charge in [0.1, 0.15) is 19.0 Å². The minimum absolute atomic E-state index is 0.0332. The largest absolute Gasteiger partial charge is 0.486 e. The summed E-state index contributed by atoms with van der Waals surface area (Å²) in [6.45, 7) is 0.114. The molecule has 4 heteroatoms. The van der Waals surface area contributed by atoms with E-state index >= 15 is 0 Å². The Kier molecular flexibility index (Phi) is 5.32. The summed E-state index contributed by atoms with van der Waals surface area (Å²) < 4.78 is 11.2. The van der Waals surface area contributed by atoms with Crippen molar-refractivity contribution in [2.45, 2.75) is 0 Å². The standard InChI is InChI=1S/C16H15BrO3/c1-19-10-15(18)11-20-16-8-4-13(5-9-16)12-2-6-14(17)7-3-12/h2-9H,10-11H2,1H3. The summed E-state index contributed by atoms with van der Waals surface area (Å²) >= 11 is 3.41. The van der Waals surface area contributed by atoms with E-state index in [9.17, 15) is 4.79 Å². The number of benzene rings is 2. The average molecular weight is 335 g/mol. The van der Waals surface area contributed by atoms with Gasteiger partial charge in [-0.05, 0) is 35.4 Å². The zero-order chi connectivity index (χ0) is 14.4. The molecule has 0 aromatic heterocycles. The molecule has 0 fully saturated rings. The molecule has 2 aromatic carbocycles. The highest BCUT2D eigenvalue weighted by atomic mass is 79.9. The predicted molar refractivity (Wildman–Crippen MR) is 82.0 cm³/mol. The van der Waals surface area contributed by atoms with Gasteiger partial charge in [-0.2, -0.15) is 0 Å². The van der Waals surface area contributed by atoms with Crippen molar-refractivity contribution in [3.63, 3.8) is 0 Å². The van der Waals surface area contributed by atoms with Gasteiger partial charge in [0.25, 0.3) is 0 Å². The molecule has 0 saturated heterocycles. The second kappa shape index (κ2) is 7.22. The van der Waals surface area contributed by atoms with Gasteiger partial charge in [0.15, 0.2) is 5.78 Å². The van der Waals surface area contributed by atoms with E-state index in [1.807, 2.05) is 48.5 Å². The van der Waals surface area contributed by atoms with E-state index in [1.165, 1.54) is 7.11 Å². The zero-order valence-corrected chi connectivity index (χ0v) is 12.7. The lowest BCUT2D eigenvalue weighted by molar-refractivity contribution is -0.124. The van der Waals surface area contributed by atoms with Crippen LogP contribution in [0.15, 0.2) is 53.0 Å². The zero-order valence-electron chi connectivity index (χ0n) is 11.1. The van der Waals surface area contributed by atoms with Gasteiger partial charge in [-0.1, -0.05) is 40.2 Å². The van der Waals surface area contributed by atoms with Crippen molar-refractivity contribution in [2.24, 2.45) is 0 Å². The third-order valence-corrected chi connectivity index (χ3v) is 3.27. The second-order valence-corrected chi connectivity index (χ2v) is 5.21. The van der Waals surface area contributed by atoms with Crippen LogP contribution in [0.5, 0.6) is 5.75 Å². The fourth-order valence-corrected chi connectivity index (χ4v) is 2.02. The molecule has 2 aromatic rings. The van der Waals surface area contributed by atoms with Crippen LogP contribution in [-0.4, -0.2) is 26.1 Å². The molecular weight excluding hydrogens is 320 g/mol. The summed E-state index contributed by atoms with van der Waals surface area (Å²) in [6, 6.07) is 15.8. The van der Waals surface area contributed by atoms with E-state index in [2.05, 4.69) is 15.9 Å². The molecule has 0 radical (unpaired) electrons. The molecule has 0 saturated carbocycles. The number of halogens is 1. The SMILES string of the molecule is COCC(=O)COc1ccc(-c2ccc(Br)cc2)cc1. The molecule has 0 amide bonds. The van der Waals surface area contributed by atoms with Crippen LogP contribution in [0.2, 0.25) is 0 Å². The number of ether oxygens (including phenoxy) is 2. The first-order chi connectivity index (χ1) is 9.69. The van der Waals surface area contributed by atoms with E-state index in [4.69, 9.17) is 9.47 Å². The fourth-order valence-electron chi connectivity index (χ4n) is 1.75. The lowest BCUT2D eigenvalue weighted by atomic mass is 10.1. The van der Waals surface area contributed by atoms with Crippen molar-refractivity contribution < 1.29 is 14.3 Å². The molecule has 104 valence electrons. The maximum Gasteiger partial charge on any atom is 0.195 e. The van der Waals surface area contributed by atoms with Crippen LogP contribution in [0.4, 0.5) is 0 Å². The number of carbonyl (C=O) groups excluding carboxylic acids is 1. The Bertz CT molecular complexity index is 561. The van der Waals surface area contributed by atoms with E-state index in [0.717, 1.165) is 15.6 Å². The average Bonchev–Trinajstić information content (AvgIpc) is 2.47. The predicted octanol–water partition coefficient (Wildman–Crippen LogP) is 3.71. The maximum absolute atomic E-state index is 11.3. The molecule has 0 aliphatic heterocycles. The molecule has 0 heterocycles. The van der Waals surface area contributed by atoms with Crippen molar-refractivity contribution >= 4 is 21.7 Å². The van der Waals surface area contributed by atoms with Gasteiger partial charge in [0.05, 0.1) is 0 Å². The Labute approximate surface area is 126 Å². The minimum Gasteiger partial charge on any atom is -0.486 e. The molecule has 0 spiro atoms. The van der Waals surface area contributed by atoms with E-state index in [-0.39, 0.29) is 19.0 Å². The number of carbonyl (C=O) groups is 1. The van der Waals surface area contributed by atoms with Crippen LogP contribution < -0.4 is 4.74 Å². The highest BCUT2D eigenvalue weighted by Gasteiger charge is 2.03. The lowest BCUT2D eigenvalue weighted by Gasteiger charge is -2.07. The molecular formula is C16H15BrO3. The topological polar surface area (TPSA) is 35.5 Å². The molecule has 0 unspecified atom stereocenters. The van der Waals surface area contributed by atoms with Gasteiger partial charge in [0, 0.05) is 11.6 Å². The molecule has 0 aliphatic rings. The minimum atomic E-state index is -0.0792. The normalized spacial score (nSPS) is 10.3. The lowest BCUT2D eigenvalue weighted by Crippen LogP contribution is -2.16. The van der Waals surface area contributed by atoms with E-state index in [0.29, 0.717) is 5.75 Å². The van der Waals surface area contributed by atoms with Crippen LogP contribution in [-0.2, 0) is 9.53 Å². The van der Waals surface area contributed by atoms with Crippen LogP contribution in [0, 0.1) is 0 Å². The van der Waals surface area contributed by atoms with Gasteiger partial charge in [-0.3, -0.25) is 4.79 Å². The number of Topliss-reactive ketones (excluding diaryl/α,β-unsaturated/α-hetero) is 1. The van der Waals surface area contributed by atoms with Crippen LogP contribution in [0.3, 0.4) is 0 Å². The Morgan fingerprint density at radius 2 is 1.50 bits per heavy atom. The van der Waals surface area contributed by atoms with Crippen molar-refractivity contribution in [3.8, 4) is 16.9 Å². The van der Waals surface area contributed by atoms with Gasteiger partial charge in [-0.25, -0.2) is 0 Å². The highest BCUT2D eigenvalue weighted by Crippen LogP contribution is 2.24. The van der Waals surface area contributed by atoms with E-state index in [1.54, 1.807) is 0 Å². The summed E-state index contributed by atoms with van der Waals surface area (Å²) in [5.41, 5.74) is 2.24. The number of hydrogen-bond acceptors (Lipinski definition) is 3. The maximum atomic E-state index is 11.3. The molecule has 20 heavy (non-hydrogen) atoms. The molecule has 0 bridgehead atoms. The Hall–Kier alpha value is -1.65. The molecule has 0 N–H and O–H groups in total. The monoisotopic (exact) mass is 334 g/mol. The third-order valence-electron chi connectivity index (χ3n) is 2.74. The first-order valence-corrected chi connectivity index (χ1v) is 6.98. The third kappa shape index (κ3) is 4.18. The molecule has 0 atom stereocenters. The smallest absolute Gasteiger partial charge is 0.195 e. The summed E-state index contributed by atoms with van der Waals surface area (Å²) in [5, 5.41) is 0. The summed E-state index contributed by atoms with van der Waals surface area (Å²) in [6.07, 6.45) is 0. The number of hydrogen-bond donors (Lipinski definition) is 0. The van der Waals surface area contributed by atoms with Gasteiger partial charge >= 0.3 is 0 Å².